The van der Waals surface area contributed by atoms with E-state index in [4.69, 9.17) is 9.47 Å². The van der Waals surface area contributed by atoms with Crippen molar-refractivity contribution in [2.24, 2.45) is 0 Å². The fraction of sp³-hybridized carbons (Fsp3) is 0.727. The zero-order chi connectivity index (χ0) is 13.5. The second-order valence-corrected chi connectivity index (χ2v) is 3.85. The topological polar surface area (TPSA) is 75.5 Å². The molecule has 0 aliphatic rings. The van der Waals surface area contributed by atoms with Crippen LogP contribution in [0.5, 0.6) is 0 Å². The molecule has 1 heterocycles. The van der Waals surface area contributed by atoms with Crippen molar-refractivity contribution in [3.05, 3.63) is 11.4 Å². The summed E-state index contributed by atoms with van der Waals surface area (Å²) < 4.78 is 16.5. The predicted molar refractivity (Wildman–Crippen MR) is 63.4 cm³/mol. The smallest absolute Gasteiger partial charge is 0.360 e. The molecule has 0 saturated carbocycles. The Bertz CT molecular complexity index is 392. The van der Waals surface area contributed by atoms with E-state index in [0.717, 1.165) is 0 Å². The van der Waals surface area contributed by atoms with Crippen LogP contribution in [0.1, 0.15) is 23.1 Å². The van der Waals surface area contributed by atoms with Crippen molar-refractivity contribution in [1.82, 2.24) is 15.0 Å². The molecule has 0 N–H and O–H groups in total. The van der Waals surface area contributed by atoms with Gasteiger partial charge in [0.05, 0.1) is 32.1 Å². The van der Waals surface area contributed by atoms with Crippen molar-refractivity contribution < 1.29 is 19.0 Å². The van der Waals surface area contributed by atoms with Crippen LogP contribution in [-0.2, 0) is 27.2 Å². The molecule has 0 saturated heterocycles. The largest absolute Gasteiger partial charge is 0.464 e. The van der Waals surface area contributed by atoms with Gasteiger partial charge >= 0.3 is 5.97 Å². The number of esters is 1. The van der Waals surface area contributed by atoms with Crippen LogP contribution in [0, 0.1) is 0 Å². The van der Waals surface area contributed by atoms with E-state index in [0.29, 0.717) is 25.3 Å². The molecule has 7 heteroatoms. The number of aromatic nitrogens is 3. The average molecular weight is 257 g/mol. The Kier molecular flexibility index (Phi) is 5.73. The zero-order valence-corrected chi connectivity index (χ0v) is 11.2. The second-order valence-electron chi connectivity index (χ2n) is 3.85. The third kappa shape index (κ3) is 3.51. The van der Waals surface area contributed by atoms with Crippen molar-refractivity contribution in [3.8, 4) is 0 Å². The lowest BCUT2D eigenvalue weighted by Crippen LogP contribution is -2.19. The molecule has 0 aromatic carbocycles. The predicted octanol–water partition coefficient (Wildman–Crippen LogP) is 0.288. The van der Waals surface area contributed by atoms with Gasteiger partial charge in [-0.3, -0.25) is 0 Å². The standard InChI is InChI=1S/C11H19N3O4/c1-8(17-3)7-14-9(5-6-16-2)10(12-13-14)11(15)18-4/h8H,5-7H2,1-4H3. The van der Waals surface area contributed by atoms with Gasteiger partial charge in [0.15, 0.2) is 5.69 Å². The third-order valence-electron chi connectivity index (χ3n) is 2.59. The fourth-order valence-electron chi connectivity index (χ4n) is 1.50. The van der Waals surface area contributed by atoms with E-state index in [-0.39, 0.29) is 11.8 Å². The van der Waals surface area contributed by atoms with Gasteiger partial charge in [0, 0.05) is 20.6 Å². The fourth-order valence-corrected chi connectivity index (χ4v) is 1.50. The summed E-state index contributed by atoms with van der Waals surface area (Å²) in [6.45, 7) is 2.93. The lowest BCUT2D eigenvalue weighted by Gasteiger charge is -2.11. The van der Waals surface area contributed by atoms with Crippen LogP contribution in [0.2, 0.25) is 0 Å². The SMILES string of the molecule is COCCc1c(C(=O)OC)nnn1CC(C)OC. The number of rotatable bonds is 7. The summed E-state index contributed by atoms with van der Waals surface area (Å²) in [7, 11) is 4.54. The highest BCUT2D eigenvalue weighted by Gasteiger charge is 2.20. The van der Waals surface area contributed by atoms with E-state index in [1.807, 2.05) is 6.92 Å². The van der Waals surface area contributed by atoms with Gasteiger partial charge in [0.2, 0.25) is 0 Å². The Labute approximate surface area is 106 Å². The summed E-state index contributed by atoms with van der Waals surface area (Å²) in [6, 6.07) is 0. The molecule has 0 amide bonds. The molecule has 1 atom stereocenters. The maximum absolute atomic E-state index is 11.6. The second kappa shape index (κ2) is 7.07. The minimum absolute atomic E-state index is 0.0153. The summed E-state index contributed by atoms with van der Waals surface area (Å²) in [5.74, 6) is -0.488. The van der Waals surface area contributed by atoms with Gasteiger partial charge < -0.3 is 14.2 Å². The molecule has 0 spiro atoms. The Morgan fingerprint density at radius 1 is 1.39 bits per heavy atom. The van der Waals surface area contributed by atoms with Crippen LogP contribution in [-0.4, -0.2) is 55.0 Å². The van der Waals surface area contributed by atoms with Crippen molar-refractivity contribution in [1.29, 1.82) is 0 Å². The molecule has 0 bridgehead atoms. The number of hydrogen-bond donors (Lipinski definition) is 0. The number of carbonyl (C=O) groups is 1. The summed E-state index contributed by atoms with van der Waals surface area (Å²) in [4.78, 5) is 11.6. The quantitative estimate of drug-likeness (QED) is 0.653. The van der Waals surface area contributed by atoms with E-state index in [1.165, 1.54) is 7.11 Å². The van der Waals surface area contributed by atoms with Gasteiger partial charge in [0.25, 0.3) is 0 Å². The van der Waals surface area contributed by atoms with Crippen LogP contribution < -0.4 is 0 Å². The lowest BCUT2D eigenvalue weighted by atomic mass is 10.2. The van der Waals surface area contributed by atoms with E-state index >= 15 is 0 Å². The first-order chi connectivity index (χ1) is 8.63. The molecule has 0 aliphatic heterocycles. The summed E-state index contributed by atoms with van der Waals surface area (Å²) in [6.07, 6.45) is 0.531. The summed E-state index contributed by atoms with van der Waals surface area (Å²) in [5.41, 5.74) is 0.936. The molecule has 0 fully saturated rings. The van der Waals surface area contributed by atoms with E-state index in [1.54, 1.807) is 18.9 Å². The number of methoxy groups -OCH3 is 3. The van der Waals surface area contributed by atoms with Crippen LogP contribution in [0.3, 0.4) is 0 Å². The molecule has 1 aromatic rings. The third-order valence-corrected chi connectivity index (χ3v) is 2.59. The van der Waals surface area contributed by atoms with Gasteiger partial charge in [-0.25, -0.2) is 9.48 Å². The normalized spacial score (nSPS) is 12.4. The number of hydrogen-bond acceptors (Lipinski definition) is 6. The summed E-state index contributed by atoms with van der Waals surface area (Å²) in [5, 5.41) is 7.81. The molecule has 0 radical (unpaired) electrons. The molecule has 0 aliphatic carbocycles. The first kappa shape index (κ1) is 14.6. The van der Waals surface area contributed by atoms with Crippen molar-refractivity contribution in [2.45, 2.75) is 26.0 Å². The molecule has 7 nitrogen and oxygen atoms in total. The van der Waals surface area contributed by atoms with Crippen molar-refractivity contribution in [3.63, 3.8) is 0 Å². The molecule has 1 aromatic heterocycles. The minimum Gasteiger partial charge on any atom is -0.464 e. The van der Waals surface area contributed by atoms with E-state index < -0.39 is 5.97 Å². The van der Waals surface area contributed by atoms with Gasteiger partial charge in [-0.1, -0.05) is 5.21 Å². The van der Waals surface area contributed by atoms with Crippen molar-refractivity contribution >= 4 is 5.97 Å². The van der Waals surface area contributed by atoms with Crippen LogP contribution in [0.4, 0.5) is 0 Å². The van der Waals surface area contributed by atoms with E-state index in [9.17, 15) is 4.79 Å². The van der Waals surface area contributed by atoms with Crippen LogP contribution in [0.25, 0.3) is 0 Å². The Balaban J connectivity index is 2.95. The Morgan fingerprint density at radius 2 is 2.11 bits per heavy atom. The lowest BCUT2D eigenvalue weighted by molar-refractivity contribution is 0.0591. The Hall–Kier alpha value is -1.47. The highest BCUT2D eigenvalue weighted by atomic mass is 16.5. The average Bonchev–Trinajstić information content (AvgIpc) is 2.78. The highest BCUT2D eigenvalue weighted by Crippen LogP contribution is 2.09. The van der Waals surface area contributed by atoms with Crippen LogP contribution in [0.15, 0.2) is 0 Å². The van der Waals surface area contributed by atoms with Gasteiger partial charge in [0.1, 0.15) is 0 Å². The summed E-state index contributed by atoms with van der Waals surface area (Å²) >= 11 is 0. The maximum Gasteiger partial charge on any atom is 0.360 e. The molecular weight excluding hydrogens is 238 g/mol. The van der Waals surface area contributed by atoms with Gasteiger partial charge in [-0.05, 0) is 6.92 Å². The molecule has 1 rings (SSSR count). The van der Waals surface area contributed by atoms with Crippen molar-refractivity contribution in [2.75, 3.05) is 27.9 Å². The number of carbonyl (C=O) groups excluding carboxylic acids is 1. The maximum atomic E-state index is 11.6. The highest BCUT2D eigenvalue weighted by molar-refractivity contribution is 5.88. The van der Waals surface area contributed by atoms with Gasteiger partial charge in [-0.15, -0.1) is 5.10 Å². The monoisotopic (exact) mass is 257 g/mol. The molecule has 1 unspecified atom stereocenters. The Morgan fingerprint density at radius 3 is 2.67 bits per heavy atom. The van der Waals surface area contributed by atoms with E-state index in [2.05, 4.69) is 15.0 Å². The number of nitrogens with zero attached hydrogens (tertiary/aromatic N) is 3. The molecule has 18 heavy (non-hydrogen) atoms. The molecule has 102 valence electrons. The first-order valence-corrected chi connectivity index (χ1v) is 5.66. The molecular formula is C11H19N3O4. The van der Waals surface area contributed by atoms with Gasteiger partial charge in [-0.2, -0.15) is 0 Å². The minimum atomic E-state index is -0.488. The first-order valence-electron chi connectivity index (χ1n) is 5.66. The van der Waals surface area contributed by atoms with Crippen LogP contribution >= 0.6 is 0 Å². The number of ether oxygens (including phenoxy) is 3. The zero-order valence-electron chi connectivity index (χ0n) is 11.2.